The van der Waals surface area contributed by atoms with Crippen molar-refractivity contribution < 1.29 is 4.79 Å². The second-order valence-electron chi connectivity index (χ2n) is 3.65. The van der Waals surface area contributed by atoms with Crippen molar-refractivity contribution in [2.75, 3.05) is 0 Å². The van der Waals surface area contributed by atoms with Crippen LogP contribution in [-0.4, -0.2) is 20.2 Å². The molecule has 0 spiro atoms. The molecule has 2 aromatic heterocycles. The molecule has 1 atom stereocenters. The molecule has 0 aliphatic heterocycles. The van der Waals surface area contributed by atoms with E-state index in [0.29, 0.717) is 5.69 Å². The molecule has 0 unspecified atom stereocenters. The smallest absolute Gasteiger partial charge is 0.271 e. The Labute approximate surface area is 103 Å². The Morgan fingerprint density at radius 3 is 2.88 bits per heavy atom. The van der Waals surface area contributed by atoms with Gasteiger partial charge < -0.3 is 5.32 Å². The minimum atomic E-state index is -0.187. The summed E-state index contributed by atoms with van der Waals surface area (Å²) in [5.41, 5.74) is 1.18. The van der Waals surface area contributed by atoms with Crippen LogP contribution in [0.25, 0.3) is 0 Å². The van der Waals surface area contributed by atoms with Gasteiger partial charge in [-0.1, -0.05) is 0 Å². The Hall–Kier alpha value is -1.82. The van der Waals surface area contributed by atoms with E-state index in [1.807, 2.05) is 13.8 Å². The van der Waals surface area contributed by atoms with Crippen LogP contribution in [-0.2, 0) is 0 Å². The zero-order valence-corrected chi connectivity index (χ0v) is 10.4. The van der Waals surface area contributed by atoms with Gasteiger partial charge in [-0.2, -0.15) is 4.37 Å². The molecule has 1 N–H and O–H groups in total. The average molecular weight is 248 g/mol. The van der Waals surface area contributed by atoms with Crippen LogP contribution in [0.15, 0.2) is 24.7 Å². The van der Waals surface area contributed by atoms with E-state index in [4.69, 9.17) is 0 Å². The van der Waals surface area contributed by atoms with Crippen molar-refractivity contribution in [2.24, 2.45) is 0 Å². The highest BCUT2D eigenvalue weighted by atomic mass is 32.1. The number of carbonyl (C=O) groups excluding carboxylic acids is 1. The molecule has 2 rings (SSSR count). The van der Waals surface area contributed by atoms with Gasteiger partial charge in [0, 0.05) is 17.3 Å². The standard InChI is InChI=1S/C11H12N4OS/c1-7-5-9(15-17-7)11(16)14-8(2)10-6-12-3-4-13-10/h3-6,8H,1-2H3,(H,14,16)/t8-/m1/s1. The minimum absolute atomic E-state index is 0.182. The highest BCUT2D eigenvalue weighted by Gasteiger charge is 2.14. The molecule has 6 heteroatoms. The van der Waals surface area contributed by atoms with Crippen LogP contribution in [0, 0.1) is 6.92 Å². The highest BCUT2D eigenvalue weighted by molar-refractivity contribution is 7.05. The maximum Gasteiger partial charge on any atom is 0.271 e. The van der Waals surface area contributed by atoms with Crippen molar-refractivity contribution in [3.63, 3.8) is 0 Å². The van der Waals surface area contributed by atoms with Gasteiger partial charge in [0.15, 0.2) is 0 Å². The first-order valence-electron chi connectivity index (χ1n) is 5.17. The molecule has 0 fully saturated rings. The van der Waals surface area contributed by atoms with Gasteiger partial charge in [-0.05, 0) is 31.4 Å². The molecule has 0 aliphatic carbocycles. The summed E-state index contributed by atoms with van der Waals surface area (Å²) in [5.74, 6) is -0.187. The summed E-state index contributed by atoms with van der Waals surface area (Å²) in [6.45, 7) is 3.78. The summed E-state index contributed by atoms with van der Waals surface area (Å²) < 4.78 is 4.06. The number of aromatic nitrogens is 3. The van der Waals surface area contributed by atoms with E-state index in [9.17, 15) is 4.79 Å². The monoisotopic (exact) mass is 248 g/mol. The second kappa shape index (κ2) is 5.01. The lowest BCUT2D eigenvalue weighted by Gasteiger charge is -2.11. The van der Waals surface area contributed by atoms with Crippen molar-refractivity contribution >= 4 is 17.4 Å². The molecule has 0 bridgehead atoms. The Bertz CT molecular complexity index is 511. The summed E-state index contributed by atoms with van der Waals surface area (Å²) in [6.07, 6.45) is 4.84. The van der Waals surface area contributed by atoms with Crippen LogP contribution < -0.4 is 5.32 Å². The molecule has 0 saturated heterocycles. The van der Waals surface area contributed by atoms with Crippen molar-refractivity contribution in [1.82, 2.24) is 19.7 Å². The molecule has 88 valence electrons. The largest absolute Gasteiger partial charge is 0.343 e. The summed E-state index contributed by atoms with van der Waals surface area (Å²) in [7, 11) is 0. The number of amides is 1. The van der Waals surface area contributed by atoms with Gasteiger partial charge in [-0.25, -0.2) is 0 Å². The van der Waals surface area contributed by atoms with Crippen LogP contribution >= 0.6 is 11.5 Å². The van der Waals surface area contributed by atoms with Crippen molar-refractivity contribution in [3.8, 4) is 0 Å². The Kier molecular flexibility index (Phi) is 3.43. The van der Waals surface area contributed by atoms with E-state index in [1.54, 1.807) is 24.7 Å². The SMILES string of the molecule is Cc1cc(C(=O)N[C@H](C)c2cnccn2)ns1. The lowest BCUT2D eigenvalue weighted by atomic mass is 10.2. The highest BCUT2D eigenvalue weighted by Crippen LogP contribution is 2.11. The number of aryl methyl sites for hydroxylation is 1. The summed E-state index contributed by atoms with van der Waals surface area (Å²) in [5, 5.41) is 2.83. The van der Waals surface area contributed by atoms with Gasteiger partial charge in [0.25, 0.3) is 5.91 Å². The van der Waals surface area contributed by atoms with E-state index in [1.165, 1.54) is 11.5 Å². The molecule has 17 heavy (non-hydrogen) atoms. The third-order valence-electron chi connectivity index (χ3n) is 2.24. The summed E-state index contributed by atoms with van der Waals surface area (Å²) in [6, 6.07) is 1.59. The van der Waals surface area contributed by atoms with Gasteiger partial charge in [0.05, 0.1) is 17.9 Å². The molecule has 5 nitrogen and oxygen atoms in total. The zero-order valence-electron chi connectivity index (χ0n) is 9.54. The Morgan fingerprint density at radius 2 is 2.29 bits per heavy atom. The quantitative estimate of drug-likeness (QED) is 0.898. The fourth-order valence-electron chi connectivity index (χ4n) is 1.35. The number of hydrogen-bond donors (Lipinski definition) is 1. The predicted molar refractivity (Wildman–Crippen MR) is 64.8 cm³/mol. The first-order valence-corrected chi connectivity index (χ1v) is 5.94. The van der Waals surface area contributed by atoms with Crippen LogP contribution in [0.3, 0.4) is 0 Å². The molecular formula is C11H12N4OS. The van der Waals surface area contributed by atoms with E-state index < -0.39 is 0 Å². The fourth-order valence-corrected chi connectivity index (χ4v) is 1.89. The Morgan fingerprint density at radius 1 is 1.47 bits per heavy atom. The van der Waals surface area contributed by atoms with Crippen molar-refractivity contribution in [1.29, 1.82) is 0 Å². The number of nitrogens with one attached hydrogen (secondary N) is 1. The zero-order chi connectivity index (χ0) is 12.3. The number of nitrogens with zero attached hydrogens (tertiary/aromatic N) is 3. The molecule has 0 aromatic carbocycles. The number of carbonyl (C=O) groups is 1. The molecule has 1 amide bonds. The van der Waals surface area contributed by atoms with Gasteiger partial charge >= 0.3 is 0 Å². The number of rotatable bonds is 3. The predicted octanol–water partition coefficient (Wildman–Crippen LogP) is 1.73. The van der Waals surface area contributed by atoms with Crippen molar-refractivity contribution in [3.05, 3.63) is 40.9 Å². The third-order valence-corrected chi connectivity index (χ3v) is 2.93. The summed E-state index contributed by atoms with van der Waals surface area (Å²) >= 11 is 1.32. The van der Waals surface area contributed by atoms with Crippen LogP contribution in [0.4, 0.5) is 0 Å². The fraction of sp³-hybridized carbons (Fsp3) is 0.273. The molecule has 2 aromatic rings. The lowest BCUT2D eigenvalue weighted by Crippen LogP contribution is -2.27. The van der Waals surface area contributed by atoms with Gasteiger partial charge in [-0.3, -0.25) is 14.8 Å². The number of hydrogen-bond acceptors (Lipinski definition) is 5. The molecule has 0 saturated carbocycles. The first kappa shape index (κ1) is 11.7. The van der Waals surface area contributed by atoms with Crippen LogP contribution in [0.1, 0.15) is 34.0 Å². The molecule has 0 aliphatic rings. The van der Waals surface area contributed by atoms with E-state index in [0.717, 1.165) is 10.6 Å². The maximum atomic E-state index is 11.8. The minimum Gasteiger partial charge on any atom is -0.343 e. The van der Waals surface area contributed by atoms with Crippen molar-refractivity contribution in [2.45, 2.75) is 19.9 Å². The summed E-state index contributed by atoms with van der Waals surface area (Å²) in [4.78, 5) is 20.9. The van der Waals surface area contributed by atoms with Crippen LogP contribution in [0.2, 0.25) is 0 Å². The van der Waals surface area contributed by atoms with E-state index >= 15 is 0 Å². The molecular weight excluding hydrogens is 236 g/mol. The molecule has 0 radical (unpaired) electrons. The van der Waals surface area contributed by atoms with Gasteiger partial charge in [0.2, 0.25) is 0 Å². The average Bonchev–Trinajstić information content (AvgIpc) is 2.77. The van der Waals surface area contributed by atoms with Gasteiger partial charge in [-0.15, -0.1) is 0 Å². The lowest BCUT2D eigenvalue weighted by molar-refractivity contribution is 0.0935. The van der Waals surface area contributed by atoms with Crippen LogP contribution in [0.5, 0.6) is 0 Å². The van der Waals surface area contributed by atoms with Gasteiger partial charge in [0.1, 0.15) is 5.69 Å². The third kappa shape index (κ3) is 2.85. The molecule has 2 heterocycles. The maximum absolute atomic E-state index is 11.8. The normalized spacial score (nSPS) is 12.1. The second-order valence-corrected chi connectivity index (χ2v) is 4.66. The van der Waals surface area contributed by atoms with E-state index in [2.05, 4.69) is 19.7 Å². The topological polar surface area (TPSA) is 67.8 Å². The first-order chi connectivity index (χ1) is 8.16. The van der Waals surface area contributed by atoms with E-state index in [-0.39, 0.29) is 11.9 Å². The Balaban J connectivity index is 2.04.